The second kappa shape index (κ2) is 5.35. The van der Waals surface area contributed by atoms with E-state index in [4.69, 9.17) is 5.11 Å². The van der Waals surface area contributed by atoms with Gasteiger partial charge in [0, 0.05) is 17.7 Å². The van der Waals surface area contributed by atoms with Gasteiger partial charge < -0.3 is 10.0 Å². The second-order valence-electron chi connectivity index (χ2n) is 4.91. The fourth-order valence-electron chi connectivity index (χ4n) is 2.58. The first-order valence-corrected chi connectivity index (χ1v) is 6.66. The monoisotopic (exact) mass is 286 g/mol. The van der Waals surface area contributed by atoms with Gasteiger partial charge in [0.2, 0.25) is 0 Å². The summed E-state index contributed by atoms with van der Waals surface area (Å²) in [7, 11) is 0. The van der Waals surface area contributed by atoms with Crippen molar-refractivity contribution in [3.8, 4) is 11.4 Å². The molecule has 0 spiro atoms. The van der Waals surface area contributed by atoms with Crippen LogP contribution in [0.15, 0.2) is 30.6 Å². The molecule has 2 N–H and O–H groups in total. The standard InChI is InChI=1S/C14H14N4O3/c19-13(18-6-2-5-11(18)14(20)21)10-4-1-3-9(7-10)12-15-8-16-17-12/h1,3-4,7-8,11H,2,5-6H2,(H,20,21)(H,15,16,17). The van der Waals surface area contributed by atoms with Gasteiger partial charge in [-0.2, -0.15) is 5.10 Å². The Bertz CT molecular complexity index is 669. The van der Waals surface area contributed by atoms with Crippen LogP contribution in [0.25, 0.3) is 11.4 Å². The summed E-state index contributed by atoms with van der Waals surface area (Å²) in [6.45, 7) is 0.475. The van der Waals surface area contributed by atoms with Crippen molar-refractivity contribution in [3.63, 3.8) is 0 Å². The number of benzene rings is 1. The van der Waals surface area contributed by atoms with E-state index in [1.807, 2.05) is 6.07 Å². The van der Waals surface area contributed by atoms with Crippen LogP contribution < -0.4 is 0 Å². The topological polar surface area (TPSA) is 99.2 Å². The molecule has 7 nitrogen and oxygen atoms in total. The lowest BCUT2D eigenvalue weighted by Gasteiger charge is -2.21. The molecule has 1 aromatic carbocycles. The number of hydrogen-bond donors (Lipinski definition) is 2. The molecule has 1 atom stereocenters. The van der Waals surface area contributed by atoms with Gasteiger partial charge in [0.15, 0.2) is 5.82 Å². The summed E-state index contributed by atoms with van der Waals surface area (Å²) in [5.41, 5.74) is 1.20. The summed E-state index contributed by atoms with van der Waals surface area (Å²) in [5.74, 6) is -0.644. The third-order valence-corrected chi connectivity index (χ3v) is 3.60. The highest BCUT2D eigenvalue weighted by atomic mass is 16.4. The first kappa shape index (κ1) is 13.3. The number of amides is 1. The lowest BCUT2D eigenvalue weighted by molar-refractivity contribution is -0.141. The largest absolute Gasteiger partial charge is 0.480 e. The molecule has 1 amide bonds. The van der Waals surface area contributed by atoms with Crippen LogP contribution in [0.5, 0.6) is 0 Å². The third-order valence-electron chi connectivity index (χ3n) is 3.60. The Morgan fingerprint density at radius 1 is 1.38 bits per heavy atom. The van der Waals surface area contributed by atoms with Crippen molar-refractivity contribution in [2.45, 2.75) is 18.9 Å². The smallest absolute Gasteiger partial charge is 0.326 e. The van der Waals surface area contributed by atoms with Crippen LogP contribution >= 0.6 is 0 Å². The maximum Gasteiger partial charge on any atom is 0.326 e. The van der Waals surface area contributed by atoms with E-state index in [9.17, 15) is 9.59 Å². The first-order valence-electron chi connectivity index (χ1n) is 6.66. The Morgan fingerprint density at radius 2 is 2.24 bits per heavy atom. The van der Waals surface area contributed by atoms with E-state index in [2.05, 4.69) is 15.2 Å². The summed E-state index contributed by atoms with van der Waals surface area (Å²) in [6, 6.07) is 6.21. The molecule has 1 unspecified atom stereocenters. The molecule has 1 aliphatic heterocycles. The number of carboxylic acid groups (broad SMARTS) is 1. The van der Waals surface area contributed by atoms with Crippen molar-refractivity contribution in [3.05, 3.63) is 36.2 Å². The number of carboxylic acids is 1. The molecule has 1 aromatic heterocycles. The Morgan fingerprint density at radius 3 is 2.95 bits per heavy atom. The van der Waals surface area contributed by atoms with Crippen molar-refractivity contribution in [2.75, 3.05) is 6.54 Å². The van der Waals surface area contributed by atoms with Gasteiger partial charge in [-0.15, -0.1) is 0 Å². The van der Waals surface area contributed by atoms with Crippen LogP contribution in [-0.4, -0.2) is 49.7 Å². The lowest BCUT2D eigenvalue weighted by atomic mass is 10.1. The van der Waals surface area contributed by atoms with Crippen LogP contribution in [-0.2, 0) is 4.79 Å². The van der Waals surface area contributed by atoms with Crippen LogP contribution in [0, 0.1) is 0 Å². The molecule has 1 fully saturated rings. The van der Waals surface area contributed by atoms with Gasteiger partial charge in [-0.25, -0.2) is 9.78 Å². The van der Waals surface area contributed by atoms with Crippen molar-refractivity contribution in [2.24, 2.45) is 0 Å². The number of rotatable bonds is 3. The fourth-order valence-corrected chi connectivity index (χ4v) is 2.58. The minimum Gasteiger partial charge on any atom is -0.480 e. The number of carbonyl (C=O) groups is 2. The number of aromatic amines is 1. The van der Waals surface area contributed by atoms with Crippen LogP contribution in [0.2, 0.25) is 0 Å². The highest BCUT2D eigenvalue weighted by molar-refractivity contribution is 5.97. The molecule has 7 heteroatoms. The molecular weight excluding hydrogens is 272 g/mol. The lowest BCUT2D eigenvalue weighted by Crippen LogP contribution is -2.40. The molecule has 21 heavy (non-hydrogen) atoms. The number of aliphatic carboxylic acids is 1. The van der Waals surface area contributed by atoms with E-state index in [0.29, 0.717) is 30.8 Å². The van der Waals surface area contributed by atoms with Crippen molar-refractivity contribution in [1.82, 2.24) is 20.1 Å². The van der Waals surface area contributed by atoms with Crippen molar-refractivity contribution in [1.29, 1.82) is 0 Å². The zero-order valence-corrected chi connectivity index (χ0v) is 11.2. The highest BCUT2D eigenvalue weighted by Crippen LogP contribution is 2.22. The fraction of sp³-hybridized carbons (Fsp3) is 0.286. The molecular formula is C14H14N4O3. The average Bonchev–Trinajstić information content (AvgIpc) is 3.17. The Hall–Kier alpha value is -2.70. The molecule has 2 aromatic rings. The number of carbonyl (C=O) groups excluding carboxylic acids is 1. The molecule has 0 radical (unpaired) electrons. The average molecular weight is 286 g/mol. The van der Waals surface area contributed by atoms with E-state index in [1.165, 1.54) is 11.2 Å². The predicted octanol–water partition coefficient (Wildman–Crippen LogP) is 1.16. The van der Waals surface area contributed by atoms with Gasteiger partial charge in [0.25, 0.3) is 5.91 Å². The van der Waals surface area contributed by atoms with E-state index >= 15 is 0 Å². The molecule has 0 bridgehead atoms. The van der Waals surface area contributed by atoms with Gasteiger partial charge in [0.1, 0.15) is 12.4 Å². The zero-order valence-electron chi connectivity index (χ0n) is 11.2. The van der Waals surface area contributed by atoms with Crippen LogP contribution in [0.1, 0.15) is 23.2 Å². The first-order chi connectivity index (χ1) is 10.2. The summed E-state index contributed by atoms with van der Waals surface area (Å²) in [4.78, 5) is 29.1. The molecule has 0 aliphatic carbocycles. The number of aromatic nitrogens is 3. The van der Waals surface area contributed by atoms with E-state index in [0.717, 1.165) is 5.56 Å². The maximum absolute atomic E-state index is 12.5. The predicted molar refractivity (Wildman–Crippen MR) is 73.5 cm³/mol. The second-order valence-corrected chi connectivity index (χ2v) is 4.91. The molecule has 1 saturated heterocycles. The maximum atomic E-state index is 12.5. The zero-order chi connectivity index (χ0) is 14.8. The number of nitrogens with one attached hydrogen (secondary N) is 1. The molecule has 3 rings (SSSR count). The van der Waals surface area contributed by atoms with Gasteiger partial charge in [0.05, 0.1) is 0 Å². The molecule has 1 aliphatic rings. The van der Waals surface area contributed by atoms with E-state index in [1.54, 1.807) is 18.2 Å². The normalized spacial score (nSPS) is 17.9. The Kier molecular flexibility index (Phi) is 3.39. The van der Waals surface area contributed by atoms with Crippen LogP contribution in [0.3, 0.4) is 0 Å². The SMILES string of the molecule is O=C(O)C1CCCN1C(=O)c1cccc(-c2ncn[nH]2)c1. The number of hydrogen-bond acceptors (Lipinski definition) is 4. The summed E-state index contributed by atoms with van der Waals surface area (Å²) in [6.07, 6.45) is 2.61. The molecule has 108 valence electrons. The minimum atomic E-state index is -0.952. The summed E-state index contributed by atoms with van der Waals surface area (Å²) in [5, 5.41) is 15.7. The van der Waals surface area contributed by atoms with Gasteiger partial charge in [-0.3, -0.25) is 9.89 Å². The molecule has 0 saturated carbocycles. The third kappa shape index (κ3) is 2.49. The summed E-state index contributed by atoms with van der Waals surface area (Å²) >= 11 is 0. The van der Waals surface area contributed by atoms with Crippen molar-refractivity contribution < 1.29 is 14.7 Å². The quantitative estimate of drug-likeness (QED) is 0.882. The van der Waals surface area contributed by atoms with Crippen molar-refractivity contribution >= 4 is 11.9 Å². The van der Waals surface area contributed by atoms with E-state index < -0.39 is 12.0 Å². The highest BCUT2D eigenvalue weighted by Gasteiger charge is 2.34. The number of nitrogens with zero attached hydrogens (tertiary/aromatic N) is 3. The van der Waals surface area contributed by atoms with Crippen LogP contribution in [0.4, 0.5) is 0 Å². The Labute approximate surface area is 120 Å². The van der Waals surface area contributed by atoms with Gasteiger partial charge in [-0.1, -0.05) is 12.1 Å². The summed E-state index contributed by atoms with van der Waals surface area (Å²) < 4.78 is 0. The minimum absolute atomic E-state index is 0.263. The number of H-pyrrole nitrogens is 1. The van der Waals surface area contributed by atoms with Gasteiger partial charge in [-0.05, 0) is 25.0 Å². The molecule has 2 heterocycles. The Balaban J connectivity index is 1.88. The van der Waals surface area contributed by atoms with E-state index in [-0.39, 0.29) is 5.91 Å². The van der Waals surface area contributed by atoms with Gasteiger partial charge >= 0.3 is 5.97 Å². The number of likely N-dealkylation sites (tertiary alicyclic amines) is 1.